The normalized spacial score (nSPS) is 18.0. The van der Waals surface area contributed by atoms with Crippen molar-refractivity contribution in [2.45, 2.75) is 32.2 Å². The minimum Gasteiger partial charge on any atom is -0.323 e. The lowest BCUT2D eigenvalue weighted by molar-refractivity contribution is 0.218. The summed E-state index contributed by atoms with van der Waals surface area (Å²) in [7, 11) is 1.79. The minimum atomic E-state index is -0.0559. The molecule has 0 fully saturated rings. The van der Waals surface area contributed by atoms with Gasteiger partial charge in [0.1, 0.15) is 0 Å². The first-order valence-corrected chi connectivity index (χ1v) is 6.75. The fraction of sp³-hybridized carbons (Fsp3) is 0.500. The maximum atomic E-state index is 11.5. The van der Waals surface area contributed by atoms with E-state index < -0.39 is 0 Å². The summed E-state index contributed by atoms with van der Waals surface area (Å²) < 4.78 is 0. The van der Waals surface area contributed by atoms with Gasteiger partial charge in [-0.2, -0.15) is 0 Å². The Labute approximate surface area is 113 Å². The molecule has 0 spiro atoms. The lowest BCUT2D eigenvalue weighted by Gasteiger charge is -2.27. The van der Waals surface area contributed by atoms with Crippen LogP contribution in [-0.2, 0) is 6.54 Å². The van der Waals surface area contributed by atoms with Gasteiger partial charge in [0, 0.05) is 19.3 Å². The van der Waals surface area contributed by atoms with Gasteiger partial charge in [0.05, 0.1) is 5.38 Å². The number of hydrogen-bond acceptors (Lipinski definition) is 1. The topological polar surface area (TPSA) is 32.3 Å². The van der Waals surface area contributed by atoms with Crippen LogP contribution in [0.1, 0.15) is 36.8 Å². The van der Waals surface area contributed by atoms with E-state index in [1.54, 1.807) is 11.9 Å². The predicted molar refractivity (Wildman–Crippen MR) is 75.0 cm³/mol. The van der Waals surface area contributed by atoms with E-state index in [-0.39, 0.29) is 11.4 Å². The van der Waals surface area contributed by atoms with E-state index in [9.17, 15) is 4.79 Å². The molecule has 98 valence electrons. The van der Waals surface area contributed by atoms with Crippen molar-refractivity contribution in [3.63, 3.8) is 0 Å². The standard InChI is InChI=1S/C14H19ClN2O/c1-4-9(2)13(15)10-5-6-12-11(7-10)8-17(3)14(18)16-12/h5-7,9,13H,4,8H2,1-3H3,(H,16,18). The number of anilines is 1. The van der Waals surface area contributed by atoms with Gasteiger partial charge in [0.2, 0.25) is 0 Å². The Kier molecular flexibility index (Phi) is 3.81. The molecular formula is C14H19ClN2O. The zero-order valence-corrected chi connectivity index (χ0v) is 11.8. The molecule has 0 bridgehead atoms. The highest BCUT2D eigenvalue weighted by Gasteiger charge is 2.21. The van der Waals surface area contributed by atoms with E-state index in [4.69, 9.17) is 11.6 Å². The Bertz CT molecular complexity index is 461. The van der Waals surface area contributed by atoms with Crippen LogP contribution in [0.15, 0.2) is 18.2 Å². The third kappa shape index (κ3) is 2.46. The lowest BCUT2D eigenvalue weighted by atomic mass is 9.96. The van der Waals surface area contributed by atoms with Gasteiger partial charge >= 0.3 is 6.03 Å². The molecule has 1 aliphatic rings. The van der Waals surface area contributed by atoms with Crippen LogP contribution in [0, 0.1) is 5.92 Å². The van der Waals surface area contributed by atoms with Crippen LogP contribution in [0.4, 0.5) is 10.5 Å². The molecule has 0 aromatic heterocycles. The molecule has 3 nitrogen and oxygen atoms in total. The fourth-order valence-electron chi connectivity index (χ4n) is 2.11. The van der Waals surface area contributed by atoms with Crippen molar-refractivity contribution in [1.82, 2.24) is 4.90 Å². The highest BCUT2D eigenvalue weighted by Crippen LogP contribution is 2.34. The van der Waals surface area contributed by atoms with Crippen LogP contribution in [0.3, 0.4) is 0 Å². The molecule has 1 aromatic carbocycles. The van der Waals surface area contributed by atoms with Crippen LogP contribution in [-0.4, -0.2) is 18.0 Å². The maximum absolute atomic E-state index is 11.5. The van der Waals surface area contributed by atoms with Crippen molar-refractivity contribution in [3.8, 4) is 0 Å². The quantitative estimate of drug-likeness (QED) is 0.825. The summed E-state index contributed by atoms with van der Waals surface area (Å²) >= 11 is 6.46. The zero-order valence-electron chi connectivity index (χ0n) is 11.0. The number of alkyl halides is 1. The van der Waals surface area contributed by atoms with Gasteiger partial charge < -0.3 is 10.2 Å². The molecule has 0 aliphatic carbocycles. The fourth-order valence-corrected chi connectivity index (χ4v) is 2.43. The maximum Gasteiger partial charge on any atom is 0.321 e. The molecule has 1 aromatic rings. The minimum absolute atomic E-state index is 0.0308. The van der Waals surface area contributed by atoms with Crippen molar-refractivity contribution in [1.29, 1.82) is 0 Å². The van der Waals surface area contributed by atoms with Crippen molar-refractivity contribution in [3.05, 3.63) is 29.3 Å². The van der Waals surface area contributed by atoms with Gasteiger partial charge in [-0.1, -0.05) is 32.4 Å². The summed E-state index contributed by atoms with van der Waals surface area (Å²) in [6.07, 6.45) is 1.06. The van der Waals surface area contributed by atoms with Gasteiger partial charge in [-0.3, -0.25) is 0 Å². The first kappa shape index (κ1) is 13.2. The van der Waals surface area contributed by atoms with E-state index in [0.29, 0.717) is 12.5 Å². The first-order valence-electron chi connectivity index (χ1n) is 6.32. The number of carbonyl (C=O) groups excluding carboxylic acids is 1. The summed E-state index contributed by atoms with van der Waals surface area (Å²) in [6, 6.07) is 6.01. The van der Waals surface area contributed by atoms with E-state index in [0.717, 1.165) is 23.2 Å². The average molecular weight is 267 g/mol. The summed E-state index contributed by atoms with van der Waals surface area (Å²) in [4.78, 5) is 13.2. The molecule has 0 saturated heterocycles. The van der Waals surface area contributed by atoms with Crippen molar-refractivity contribution >= 4 is 23.3 Å². The first-order chi connectivity index (χ1) is 8.52. The average Bonchev–Trinajstić information content (AvgIpc) is 2.37. The highest BCUT2D eigenvalue weighted by atomic mass is 35.5. The Balaban J connectivity index is 2.27. The number of fused-ring (bicyclic) bond motifs is 1. The Morgan fingerprint density at radius 3 is 2.89 bits per heavy atom. The summed E-state index contributed by atoms with van der Waals surface area (Å²) in [5, 5.41) is 2.89. The second-order valence-corrected chi connectivity index (χ2v) is 5.46. The number of nitrogens with one attached hydrogen (secondary N) is 1. The Morgan fingerprint density at radius 1 is 1.50 bits per heavy atom. The van der Waals surface area contributed by atoms with E-state index in [1.165, 1.54) is 0 Å². The van der Waals surface area contributed by atoms with Crippen LogP contribution >= 0.6 is 11.6 Å². The Hall–Kier alpha value is -1.22. The van der Waals surface area contributed by atoms with Crippen LogP contribution in [0.2, 0.25) is 0 Å². The monoisotopic (exact) mass is 266 g/mol. The van der Waals surface area contributed by atoms with Crippen molar-refractivity contribution in [2.24, 2.45) is 5.92 Å². The number of amides is 2. The second kappa shape index (κ2) is 5.19. The number of hydrogen-bond donors (Lipinski definition) is 1. The molecule has 2 atom stereocenters. The molecule has 2 unspecified atom stereocenters. The smallest absolute Gasteiger partial charge is 0.321 e. The van der Waals surface area contributed by atoms with Gasteiger partial charge in [0.15, 0.2) is 0 Å². The number of halogens is 1. The van der Waals surface area contributed by atoms with Crippen LogP contribution < -0.4 is 5.32 Å². The summed E-state index contributed by atoms with van der Waals surface area (Å²) in [5.41, 5.74) is 3.16. The Morgan fingerprint density at radius 2 is 2.22 bits per heavy atom. The molecule has 2 amide bonds. The van der Waals surface area contributed by atoms with Gasteiger partial charge in [-0.05, 0) is 23.1 Å². The van der Waals surface area contributed by atoms with Gasteiger partial charge in [-0.15, -0.1) is 11.6 Å². The number of carbonyl (C=O) groups is 1. The number of benzene rings is 1. The number of urea groups is 1. The van der Waals surface area contributed by atoms with Gasteiger partial charge in [-0.25, -0.2) is 4.79 Å². The highest BCUT2D eigenvalue weighted by molar-refractivity contribution is 6.21. The molecule has 1 aliphatic heterocycles. The zero-order chi connectivity index (χ0) is 13.3. The molecule has 0 radical (unpaired) electrons. The van der Waals surface area contributed by atoms with Crippen LogP contribution in [0.25, 0.3) is 0 Å². The largest absolute Gasteiger partial charge is 0.323 e. The predicted octanol–water partition coefficient (Wildman–Crippen LogP) is 3.99. The van der Waals surface area contributed by atoms with E-state index >= 15 is 0 Å². The van der Waals surface area contributed by atoms with Gasteiger partial charge in [0.25, 0.3) is 0 Å². The third-order valence-electron chi connectivity index (χ3n) is 3.59. The SMILES string of the molecule is CCC(C)C(Cl)c1ccc2c(c1)CN(C)C(=O)N2. The number of rotatable bonds is 3. The molecule has 0 saturated carbocycles. The van der Waals surface area contributed by atoms with Crippen molar-refractivity contribution < 1.29 is 4.79 Å². The molecule has 1 N–H and O–H groups in total. The molecule has 4 heteroatoms. The molecule has 2 rings (SSSR count). The molecule has 1 heterocycles. The van der Waals surface area contributed by atoms with E-state index in [2.05, 4.69) is 25.2 Å². The second-order valence-electron chi connectivity index (χ2n) is 4.99. The lowest BCUT2D eigenvalue weighted by Crippen LogP contribution is -2.35. The summed E-state index contributed by atoms with van der Waals surface area (Å²) in [5.74, 6) is 0.445. The molecular weight excluding hydrogens is 248 g/mol. The molecule has 18 heavy (non-hydrogen) atoms. The number of nitrogens with zero attached hydrogens (tertiary/aromatic N) is 1. The van der Waals surface area contributed by atoms with Crippen molar-refractivity contribution in [2.75, 3.05) is 12.4 Å². The van der Waals surface area contributed by atoms with Crippen LogP contribution in [0.5, 0.6) is 0 Å². The van der Waals surface area contributed by atoms with E-state index in [1.807, 2.05) is 12.1 Å². The summed E-state index contributed by atoms with van der Waals surface area (Å²) in [6.45, 7) is 4.94. The third-order valence-corrected chi connectivity index (χ3v) is 4.27.